The second-order valence-electron chi connectivity index (χ2n) is 6.43. The van der Waals surface area contributed by atoms with E-state index in [1.807, 2.05) is 31.2 Å². The molecule has 4 rings (SSSR count). The number of pyridine rings is 1. The summed E-state index contributed by atoms with van der Waals surface area (Å²) < 4.78 is 14.8. The Morgan fingerprint density at radius 2 is 1.82 bits per heavy atom. The molecule has 0 radical (unpaired) electrons. The van der Waals surface area contributed by atoms with Gasteiger partial charge in [0.2, 0.25) is 0 Å². The first-order valence-electron chi connectivity index (χ1n) is 8.62. The van der Waals surface area contributed by atoms with Gasteiger partial charge in [-0.3, -0.25) is 4.79 Å². The average molecular weight is 395 g/mol. The Morgan fingerprint density at radius 3 is 2.54 bits per heavy atom. The van der Waals surface area contributed by atoms with Crippen LogP contribution in [-0.2, 0) is 0 Å². The van der Waals surface area contributed by atoms with Crippen molar-refractivity contribution in [1.29, 1.82) is 0 Å². The number of halogens is 2. The van der Waals surface area contributed by atoms with E-state index >= 15 is 0 Å². The number of aromatic nitrogens is 3. The van der Waals surface area contributed by atoms with Gasteiger partial charge >= 0.3 is 0 Å². The largest absolute Gasteiger partial charge is 0.322 e. The average Bonchev–Trinajstić information content (AvgIpc) is 3.02. The van der Waals surface area contributed by atoms with E-state index in [1.165, 1.54) is 18.3 Å². The van der Waals surface area contributed by atoms with Crippen LogP contribution in [0.25, 0.3) is 16.7 Å². The molecule has 0 saturated heterocycles. The fourth-order valence-corrected chi connectivity index (χ4v) is 3.39. The summed E-state index contributed by atoms with van der Waals surface area (Å²) in [5, 5.41) is 8.19. The van der Waals surface area contributed by atoms with Crippen LogP contribution < -0.4 is 5.32 Å². The van der Waals surface area contributed by atoms with Gasteiger partial charge in [0, 0.05) is 11.9 Å². The highest BCUT2D eigenvalue weighted by molar-refractivity contribution is 6.39. The highest BCUT2D eigenvalue weighted by Crippen LogP contribution is 2.30. The third kappa shape index (κ3) is 3.12. The highest BCUT2D eigenvalue weighted by atomic mass is 35.5. The molecule has 0 fully saturated rings. The van der Waals surface area contributed by atoms with Gasteiger partial charge in [-0.15, -0.1) is 0 Å². The smallest absolute Gasteiger partial charge is 0.258 e. The number of amides is 1. The minimum atomic E-state index is -0.345. The van der Waals surface area contributed by atoms with Crippen LogP contribution in [0.1, 0.15) is 21.6 Å². The second kappa shape index (κ2) is 7.05. The quantitative estimate of drug-likeness (QED) is 0.527. The highest BCUT2D eigenvalue weighted by Gasteiger charge is 2.20. The minimum absolute atomic E-state index is 0.263. The Kier molecular flexibility index (Phi) is 4.57. The van der Waals surface area contributed by atoms with Gasteiger partial charge in [-0.25, -0.2) is 14.1 Å². The van der Waals surface area contributed by atoms with Gasteiger partial charge < -0.3 is 5.32 Å². The fraction of sp³-hybridized carbons (Fsp3) is 0.0952. The van der Waals surface area contributed by atoms with E-state index in [1.54, 1.807) is 23.7 Å². The molecule has 1 amide bonds. The van der Waals surface area contributed by atoms with Crippen molar-refractivity contribution in [3.8, 4) is 5.69 Å². The van der Waals surface area contributed by atoms with E-state index in [9.17, 15) is 9.18 Å². The van der Waals surface area contributed by atoms with Gasteiger partial charge in [-0.2, -0.15) is 5.10 Å². The number of nitrogens with zero attached hydrogens (tertiary/aromatic N) is 3. The molecule has 28 heavy (non-hydrogen) atoms. The normalized spacial score (nSPS) is 11.0. The summed E-state index contributed by atoms with van der Waals surface area (Å²) in [5.74, 6) is -0.680. The fourth-order valence-electron chi connectivity index (χ4n) is 3.03. The molecule has 2 heterocycles. The molecular weight excluding hydrogens is 379 g/mol. The molecule has 4 aromatic rings. The number of rotatable bonds is 3. The number of carbonyl (C=O) groups excluding carboxylic acids is 1. The lowest BCUT2D eigenvalue weighted by atomic mass is 10.1. The molecule has 0 aliphatic rings. The summed E-state index contributed by atoms with van der Waals surface area (Å²) in [6, 6.07) is 13.4. The summed E-state index contributed by atoms with van der Waals surface area (Å²) in [4.78, 5) is 17.2. The summed E-state index contributed by atoms with van der Waals surface area (Å²) in [6.07, 6.45) is 1.43. The van der Waals surface area contributed by atoms with Crippen LogP contribution in [0.3, 0.4) is 0 Å². The number of benzene rings is 2. The number of anilines is 1. The first-order valence-corrected chi connectivity index (χ1v) is 9.00. The van der Waals surface area contributed by atoms with Gasteiger partial charge in [-0.1, -0.05) is 29.8 Å². The summed E-state index contributed by atoms with van der Waals surface area (Å²) in [7, 11) is 0. The van der Waals surface area contributed by atoms with Crippen molar-refractivity contribution < 1.29 is 9.18 Å². The van der Waals surface area contributed by atoms with E-state index in [0.717, 1.165) is 5.56 Å². The van der Waals surface area contributed by atoms with Crippen LogP contribution in [0.4, 0.5) is 10.1 Å². The van der Waals surface area contributed by atoms with Crippen LogP contribution in [0.15, 0.2) is 54.7 Å². The van der Waals surface area contributed by atoms with Crippen LogP contribution >= 0.6 is 11.6 Å². The molecule has 5 nitrogen and oxygen atoms in total. The zero-order valence-corrected chi connectivity index (χ0v) is 16.0. The summed E-state index contributed by atoms with van der Waals surface area (Å²) in [5.41, 5.74) is 3.70. The van der Waals surface area contributed by atoms with E-state index in [4.69, 9.17) is 11.6 Å². The zero-order chi connectivity index (χ0) is 19.8. The molecule has 0 atom stereocenters. The molecular formula is C21H16ClFN4O. The maximum absolute atomic E-state index is 13.2. The zero-order valence-electron chi connectivity index (χ0n) is 15.2. The van der Waals surface area contributed by atoms with E-state index in [0.29, 0.717) is 28.1 Å². The van der Waals surface area contributed by atoms with Gasteiger partial charge in [0.25, 0.3) is 5.91 Å². The second-order valence-corrected chi connectivity index (χ2v) is 6.81. The molecule has 2 aromatic carbocycles. The monoisotopic (exact) mass is 394 g/mol. The number of hydrogen-bond acceptors (Lipinski definition) is 3. The van der Waals surface area contributed by atoms with Crippen molar-refractivity contribution >= 4 is 34.2 Å². The Hall–Kier alpha value is -3.25. The maximum atomic E-state index is 13.2. The SMILES string of the molecule is Cc1ccccc1NC(=O)c1cnc2c(c(C)nn2-c2ccc(F)cc2)c1Cl. The topological polar surface area (TPSA) is 59.8 Å². The van der Waals surface area contributed by atoms with Gasteiger partial charge in [0.1, 0.15) is 5.82 Å². The first kappa shape index (κ1) is 18.1. The predicted octanol–water partition coefficient (Wildman–Crippen LogP) is 5.08. The first-order chi connectivity index (χ1) is 13.5. The lowest BCUT2D eigenvalue weighted by molar-refractivity contribution is 0.102. The third-order valence-electron chi connectivity index (χ3n) is 4.52. The number of hydrogen-bond donors (Lipinski definition) is 1. The molecule has 0 aliphatic carbocycles. The van der Waals surface area contributed by atoms with Crippen molar-refractivity contribution in [2.75, 3.05) is 5.32 Å². The molecule has 0 bridgehead atoms. The lowest BCUT2D eigenvalue weighted by Crippen LogP contribution is -2.14. The van der Waals surface area contributed by atoms with Crippen LogP contribution in [0, 0.1) is 19.7 Å². The molecule has 0 saturated carbocycles. The predicted molar refractivity (Wildman–Crippen MR) is 108 cm³/mol. The third-order valence-corrected chi connectivity index (χ3v) is 4.91. The minimum Gasteiger partial charge on any atom is -0.322 e. The van der Waals surface area contributed by atoms with Crippen molar-refractivity contribution in [3.05, 3.63) is 82.4 Å². The number of fused-ring (bicyclic) bond motifs is 1. The summed E-state index contributed by atoms with van der Waals surface area (Å²) >= 11 is 6.56. The number of nitrogens with one attached hydrogen (secondary N) is 1. The lowest BCUT2D eigenvalue weighted by Gasteiger charge is -2.10. The Bertz CT molecular complexity index is 1200. The number of aryl methyl sites for hydroxylation is 2. The van der Waals surface area contributed by atoms with E-state index in [2.05, 4.69) is 15.4 Å². The molecule has 1 N–H and O–H groups in total. The standard InChI is InChI=1S/C21H16ClFN4O/c1-12-5-3-4-6-17(12)25-21(28)16-11-24-20-18(19(16)22)13(2)26-27(20)15-9-7-14(23)8-10-15/h3-11H,1-2H3,(H,25,28). The number of para-hydroxylation sites is 1. The molecule has 7 heteroatoms. The van der Waals surface area contributed by atoms with Crippen molar-refractivity contribution in [3.63, 3.8) is 0 Å². The van der Waals surface area contributed by atoms with Gasteiger partial charge in [0.15, 0.2) is 5.65 Å². The molecule has 2 aromatic heterocycles. The van der Waals surface area contributed by atoms with Crippen molar-refractivity contribution in [2.24, 2.45) is 0 Å². The molecule has 0 aliphatic heterocycles. The van der Waals surface area contributed by atoms with Gasteiger partial charge in [-0.05, 0) is 49.7 Å². The molecule has 0 unspecified atom stereocenters. The van der Waals surface area contributed by atoms with Crippen molar-refractivity contribution in [2.45, 2.75) is 13.8 Å². The maximum Gasteiger partial charge on any atom is 0.258 e. The van der Waals surface area contributed by atoms with Crippen LogP contribution in [0.2, 0.25) is 5.02 Å². The van der Waals surface area contributed by atoms with E-state index < -0.39 is 0 Å². The van der Waals surface area contributed by atoms with Crippen molar-refractivity contribution in [1.82, 2.24) is 14.8 Å². The molecule has 140 valence electrons. The Morgan fingerprint density at radius 1 is 1.11 bits per heavy atom. The molecule has 0 spiro atoms. The Labute approximate surface area is 165 Å². The van der Waals surface area contributed by atoms with Crippen LogP contribution in [0.5, 0.6) is 0 Å². The van der Waals surface area contributed by atoms with Gasteiger partial charge in [0.05, 0.1) is 27.4 Å². The van der Waals surface area contributed by atoms with E-state index in [-0.39, 0.29) is 22.3 Å². The summed E-state index contributed by atoms with van der Waals surface area (Å²) in [6.45, 7) is 3.70. The Balaban J connectivity index is 1.77. The van der Waals surface area contributed by atoms with Crippen LogP contribution in [-0.4, -0.2) is 20.7 Å². The number of carbonyl (C=O) groups is 1.